The van der Waals surface area contributed by atoms with Crippen LogP contribution in [0.3, 0.4) is 0 Å². The Morgan fingerprint density at radius 3 is 2.86 bits per heavy atom. The topological polar surface area (TPSA) is 95.9 Å². The summed E-state index contributed by atoms with van der Waals surface area (Å²) in [6.07, 6.45) is 0.557. The molecule has 22 heavy (non-hydrogen) atoms. The van der Waals surface area contributed by atoms with Crippen molar-refractivity contribution in [3.63, 3.8) is 0 Å². The van der Waals surface area contributed by atoms with Gasteiger partial charge in [-0.3, -0.25) is 19.7 Å². The fraction of sp³-hybridized carbons (Fsp3) is 0.400. The number of piperidine rings is 1. The summed E-state index contributed by atoms with van der Waals surface area (Å²) in [6, 6.07) is 4.49. The molecule has 3 amide bonds. The lowest BCUT2D eigenvalue weighted by molar-refractivity contribution is -0.136. The third-order valence-electron chi connectivity index (χ3n) is 3.89. The minimum Gasteiger partial charge on any atom is -0.491 e. The Balaban J connectivity index is 1.84. The number of aliphatic hydroxyl groups is 1. The molecule has 1 atom stereocenters. The number of benzene rings is 1. The summed E-state index contributed by atoms with van der Waals surface area (Å²) in [5, 5.41) is 11.1. The number of aliphatic hydroxyl groups excluding tert-OH is 1. The average molecular weight is 304 g/mol. The monoisotopic (exact) mass is 304 g/mol. The standard InChI is InChI=1S/C15H16N2O5/c18-6-7-22-12-3-1-2-9-10(12)8-17(15(9)21)11-4-5-13(19)16-14(11)20/h1-3,11,18H,4-8H2,(H,16,19,20). The van der Waals surface area contributed by atoms with Gasteiger partial charge in [0.15, 0.2) is 0 Å². The maximum Gasteiger partial charge on any atom is 0.255 e. The predicted octanol–water partition coefficient (Wildman–Crippen LogP) is -0.181. The van der Waals surface area contributed by atoms with E-state index in [1.54, 1.807) is 18.2 Å². The number of carbonyl (C=O) groups is 3. The normalized spacial score (nSPS) is 20.9. The van der Waals surface area contributed by atoms with E-state index in [-0.39, 0.29) is 38.0 Å². The van der Waals surface area contributed by atoms with Gasteiger partial charge in [-0.2, -0.15) is 0 Å². The van der Waals surface area contributed by atoms with Crippen LogP contribution in [0.5, 0.6) is 5.75 Å². The number of ether oxygens (including phenoxy) is 1. The molecule has 3 rings (SSSR count). The summed E-state index contributed by atoms with van der Waals surface area (Å²) in [4.78, 5) is 37.2. The minimum atomic E-state index is -0.636. The quantitative estimate of drug-likeness (QED) is 0.752. The van der Waals surface area contributed by atoms with Crippen LogP contribution in [-0.4, -0.2) is 47.0 Å². The molecule has 1 aromatic carbocycles. The number of amides is 3. The van der Waals surface area contributed by atoms with E-state index in [9.17, 15) is 14.4 Å². The molecule has 2 aliphatic heterocycles. The van der Waals surface area contributed by atoms with Crippen molar-refractivity contribution in [1.82, 2.24) is 10.2 Å². The number of nitrogens with one attached hydrogen (secondary N) is 1. The first-order chi connectivity index (χ1) is 10.6. The van der Waals surface area contributed by atoms with Crippen molar-refractivity contribution < 1.29 is 24.2 Å². The van der Waals surface area contributed by atoms with Crippen molar-refractivity contribution in [1.29, 1.82) is 0 Å². The largest absolute Gasteiger partial charge is 0.491 e. The van der Waals surface area contributed by atoms with E-state index in [1.165, 1.54) is 4.90 Å². The Bertz CT molecular complexity index is 643. The molecule has 1 fully saturated rings. The Labute approximate surface area is 126 Å². The van der Waals surface area contributed by atoms with E-state index in [2.05, 4.69) is 5.32 Å². The molecule has 0 spiro atoms. The molecule has 7 nitrogen and oxygen atoms in total. The SMILES string of the molecule is O=C1CCC(N2Cc3c(OCCO)cccc3C2=O)C(=O)N1. The van der Waals surface area contributed by atoms with Crippen LogP contribution in [0.1, 0.15) is 28.8 Å². The van der Waals surface area contributed by atoms with Crippen LogP contribution in [0.4, 0.5) is 0 Å². The third-order valence-corrected chi connectivity index (χ3v) is 3.89. The van der Waals surface area contributed by atoms with E-state index < -0.39 is 11.9 Å². The Morgan fingerprint density at radius 1 is 1.32 bits per heavy atom. The summed E-state index contributed by atoms with van der Waals surface area (Å²) >= 11 is 0. The summed E-state index contributed by atoms with van der Waals surface area (Å²) < 4.78 is 5.44. The van der Waals surface area contributed by atoms with Crippen LogP contribution in [0.25, 0.3) is 0 Å². The third kappa shape index (κ3) is 2.43. The van der Waals surface area contributed by atoms with Crippen LogP contribution >= 0.6 is 0 Å². The summed E-state index contributed by atoms with van der Waals surface area (Å²) in [5.74, 6) is -0.443. The zero-order valence-corrected chi connectivity index (χ0v) is 11.9. The molecule has 0 radical (unpaired) electrons. The van der Waals surface area contributed by atoms with Gasteiger partial charge < -0.3 is 14.7 Å². The van der Waals surface area contributed by atoms with Crippen LogP contribution in [0, 0.1) is 0 Å². The molecule has 0 saturated carbocycles. The molecule has 0 bridgehead atoms. The van der Waals surface area contributed by atoms with Crippen molar-refractivity contribution in [3.05, 3.63) is 29.3 Å². The van der Waals surface area contributed by atoms with Crippen molar-refractivity contribution >= 4 is 17.7 Å². The van der Waals surface area contributed by atoms with Gasteiger partial charge in [0.25, 0.3) is 5.91 Å². The Morgan fingerprint density at radius 2 is 2.14 bits per heavy atom. The maximum absolute atomic E-state index is 12.5. The molecule has 2 heterocycles. The van der Waals surface area contributed by atoms with Crippen molar-refractivity contribution in [3.8, 4) is 5.75 Å². The molecule has 116 valence electrons. The zero-order valence-electron chi connectivity index (χ0n) is 11.9. The fourth-order valence-corrected chi connectivity index (χ4v) is 2.85. The van der Waals surface area contributed by atoms with Gasteiger partial charge in [-0.05, 0) is 18.6 Å². The molecule has 2 aliphatic rings. The summed E-state index contributed by atoms with van der Waals surface area (Å²) in [5.41, 5.74) is 1.21. The molecule has 0 aromatic heterocycles. The molecule has 0 aliphatic carbocycles. The molecular formula is C15H16N2O5. The first-order valence-corrected chi connectivity index (χ1v) is 7.12. The number of rotatable bonds is 4. The number of hydrogen-bond donors (Lipinski definition) is 2. The number of nitrogens with zero attached hydrogens (tertiary/aromatic N) is 1. The average Bonchev–Trinajstić information content (AvgIpc) is 2.83. The van der Waals surface area contributed by atoms with Gasteiger partial charge in [-0.15, -0.1) is 0 Å². The molecule has 7 heteroatoms. The zero-order chi connectivity index (χ0) is 15.7. The van der Waals surface area contributed by atoms with Crippen LogP contribution in [0.2, 0.25) is 0 Å². The number of fused-ring (bicyclic) bond motifs is 1. The molecule has 1 aromatic rings. The lowest BCUT2D eigenvalue weighted by Crippen LogP contribution is -2.52. The lowest BCUT2D eigenvalue weighted by Gasteiger charge is -2.29. The van der Waals surface area contributed by atoms with Crippen LogP contribution in [-0.2, 0) is 16.1 Å². The summed E-state index contributed by atoms with van der Waals surface area (Å²) in [7, 11) is 0. The van der Waals surface area contributed by atoms with Crippen LogP contribution < -0.4 is 10.1 Å². The molecule has 1 unspecified atom stereocenters. The van der Waals surface area contributed by atoms with E-state index in [0.717, 1.165) is 0 Å². The maximum atomic E-state index is 12.5. The van der Waals surface area contributed by atoms with Crippen LogP contribution in [0.15, 0.2) is 18.2 Å². The van der Waals surface area contributed by atoms with Gasteiger partial charge in [-0.25, -0.2) is 0 Å². The lowest BCUT2D eigenvalue weighted by atomic mass is 10.0. The highest BCUT2D eigenvalue weighted by molar-refractivity contribution is 6.05. The van der Waals surface area contributed by atoms with Gasteiger partial charge in [0, 0.05) is 17.5 Å². The van der Waals surface area contributed by atoms with Crippen molar-refractivity contribution in [2.75, 3.05) is 13.2 Å². The second-order valence-electron chi connectivity index (χ2n) is 5.25. The number of carbonyl (C=O) groups excluding carboxylic acids is 3. The van der Waals surface area contributed by atoms with Gasteiger partial charge in [0.1, 0.15) is 18.4 Å². The Kier molecular flexibility index (Phi) is 3.81. The highest BCUT2D eigenvalue weighted by Gasteiger charge is 2.40. The first-order valence-electron chi connectivity index (χ1n) is 7.12. The second kappa shape index (κ2) is 5.76. The molecular weight excluding hydrogens is 288 g/mol. The minimum absolute atomic E-state index is 0.117. The van der Waals surface area contributed by atoms with Crippen molar-refractivity contribution in [2.24, 2.45) is 0 Å². The second-order valence-corrected chi connectivity index (χ2v) is 5.25. The van der Waals surface area contributed by atoms with Crippen molar-refractivity contribution in [2.45, 2.75) is 25.4 Å². The number of hydrogen-bond acceptors (Lipinski definition) is 5. The fourth-order valence-electron chi connectivity index (χ4n) is 2.85. The molecule has 1 saturated heterocycles. The van der Waals surface area contributed by atoms with Gasteiger partial charge in [-0.1, -0.05) is 6.07 Å². The van der Waals surface area contributed by atoms with Gasteiger partial charge in [0.2, 0.25) is 11.8 Å². The molecule has 2 N–H and O–H groups in total. The van der Waals surface area contributed by atoms with Gasteiger partial charge >= 0.3 is 0 Å². The van der Waals surface area contributed by atoms with E-state index >= 15 is 0 Å². The summed E-state index contributed by atoms with van der Waals surface area (Å²) in [6.45, 7) is 0.291. The first kappa shape index (κ1) is 14.5. The van der Waals surface area contributed by atoms with E-state index in [0.29, 0.717) is 23.3 Å². The smallest absolute Gasteiger partial charge is 0.255 e. The highest BCUT2D eigenvalue weighted by Crippen LogP contribution is 2.33. The van der Waals surface area contributed by atoms with E-state index in [1.807, 2.05) is 0 Å². The van der Waals surface area contributed by atoms with E-state index in [4.69, 9.17) is 9.84 Å². The van der Waals surface area contributed by atoms with Gasteiger partial charge in [0.05, 0.1) is 13.2 Å². The Hall–Kier alpha value is -2.41. The highest BCUT2D eigenvalue weighted by atomic mass is 16.5. The predicted molar refractivity (Wildman–Crippen MR) is 75.1 cm³/mol. The number of imide groups is 1.